The number of aromatic nitrogens is 3. The summed E-state index contributed by atoms with van der Waals surface area (Å²) in [4.78, 5) is 4.18. The van der Waals surface area contributed by atoms with E-state index in [9.17, 15) is 26.3 Å². The van der Waals surface area contributed by atoms with E-state index >= 15 is 0 Å². The van der Waals surface area contributed by atoms with Gasteiger partial charge in [-0.3, -0.25) is 5.43 Å². The Hall–Kier alpha value is -4.26. The van der Waals surface area contributed by atoms with Crippen molar-refractivity contribution in [2.45, 2.75) is 31.9 Å². The predicted molar refractivity (Wildman–Crippen MR) is 144 cm³/mol. The molecular formula is C27H22F6N6S. The van der Waals surface area contributed by atoms with Crippen LogP contribution in [0.5, 0.6) is 0 Å². The highest BCUT2D eigenvalue weighted by Crippen LogP contribution is 2.43. The fraction of sp³-hybridized carbons (Fsp3) is 0.185. The lowest BCUT2D eigenvalue weighted by atomic mass is 10.0. The van der Waals surface area contributed by atoms with E-state index in [-0.39, 0.29) is 22.5 Å². The highest BCUT2D eigenvalue weighted by atomic mass is 32.1. The van der Waals surface area contributed by atoms with Gasteiger partial charge >= 0.3 is 12.1 Å². The molecule has 6 nitrogen and oxygen atoms in total. The number of thiocarbonyl (C=S) groups is 1. The molecule has 0 aliphatic carbocycles. The first-order valence-corrected chi connectivity index (χ1v) is 12.2. The van der Waals surface area contributed by atoms with Crippen LogP contribution in [0.4, 0.5) is 32.0 Å². The van der Waals surface area contributed by atoms with Crippen molar-refractivity contribution in [3.63, 3.8) is 0 Å². The van der Waals surface area contributed by atoms with Crippen LogP contribution in [0, 0.1) is 5.82 Å². The van der Waals surface area contributed by atoms with Gasteiger partial charge in [-0.15, -0.1) is 5.10 Å². The molecule has 0 atom stereocenters. The Morgan fingerprint density at radius 1 is 0.975 bits per heavy atom. The summed E-state index contributed by atoms with van der Waals surface area (Å²) in [5.74, 6) is -4.88. The third-order valence-corrected chi connectivity index (χ3v) is 5.97. The number of hydrogen-bond donors (Lipinski definition) is 2. The van der Waals surface area contributed by atoms with Gasteiger partial charge in [0.05, 0.1) is 11.9 Å². The quantitative estimate of drug-likeness (QED) is 0.106. The van der Waals surface area contributed by atoms with Crippen molar-refractivity contribution in [3.8, 4) is 17.1 Å². The number of anilines is 1. The van der Waals surface area contributed by atoms with Crippen molar-refractivity contribution in [1.82, 2.24) is 20.2 Å². The summed E-state index contributed by atoms with van der Waals surface area (Å²) in [5.41, 5.74) is 4.58. The summed E-state index contributed by atoms with van der Waals surface area (Å²) >= 11 is 5.25. The summed E-state index contributed by atoms with van der Waals surface area (Å²) in [6.45, 7) is 3.97. The van der Waals surface area contributed by atoms with Crippen molar-refractivity contribution in [2.75, 3.05) is 5.32 Å². The minimum Gasteiger partial charge on any atom is -0.331 e. The van der Waals surface area contributed by atoms with Crippen molar-refractivity contribution in [2.24, 2.45) is 5.10 Å². The Labute approximate surface area is 230 Å². The third kappa shape index (κ3) is 6.47. The zero-order valence-electron chi connectivity index (χ0n) is 21.0. The van der Waals surface area contributed by atoms with Gasteiger partial charge in [-0.05, 0) is 53.5 Å². The first-order chi connectivity index (χ1) is 18.8. The van der Waals surface area contributed by atoms with E-state index in [1.165, 1.54) is 29.4 Å². The Morgan fingerprint density at radius 2 is 1.65 bits per heavy atom. The fourth-order valence-electron chi connectivity index (χ4n) is 3.68. The van der Waals surface area contributed by atoms with Crippen LogP contribution in [0.1, 0.15) is 36.5 Å². The van der Waals surface area contributed by atoms with Gasteiger partial charge in [-0.25, -0.2) is 14.1 Å². The zero-order chi connectivity index (χ0) is 29.1. The van der Waals surface area contributed by atoms with Crippen molar-refractivity contribution < 1.29 is 26.3 Å². The number of alkyl halides is 5. The van der Waals surface area contributed by atoms with E-state index in [0.29, 0.717) is 34.8 Å². The zero-order valence-corrected chi connectivity index (χ0v) is 21.9. The Bertz CT molecular complexity index is 1510. The molecule has 13 heteroatoms. The molecule has 0 bridgehead atoms. The number of hydrazone groups is 1. The summed E-state index contributed by atoms with van der Waals surface area (Å²) in [6.07, 6.45) is -2.84. The molecule has 0 amide bonds. The molecule has 1 aromatic heterocycles. The smallest absolute Gasteiger partial charge is 0.331 e. The van der Waals surface area contributed by atoms with E-state index in [0.717, 1.165) is 17.7 Å². The van der Waals surface area contributed by atoms with Crippen LogP contribution in [0.25, 0.3) is 17.1 Å². The van der Waals surface area contributed by atoms with Crippen LogP contribution < -0.4 is 10.7 Å². The van der Waals surface area contributed by atoms with Gasteiger partial charge in [0, 0.05) is 16.8 Å². The summed E-state index contributed by atoms with van der Waals surface area (Å²) in [7, 11) is 0. The first kappa shape index (κ1) is 28.7. The normalized spacial score (nSPS) is 12.2. The molecule has 0 radical (unpaired) electrons. The lowest BCUT2D eigenvalue weighted by molar-refractivity contribution is -0.289. The lowest BCUT2D eigenvalue weighted by Gasteiger charge is -2.19. The molecule has 0 fully saturated rings. The van der Waals surface area contributed by atoms with Crippen LogP contribution in [-0.2, 0) is 5.92 Å². The Balaban J connectivity index is 1.38. The van der Waals surface area contributed by atoms with Crippen LogP contribution in [0.15, 0.2) is 78.2 Å². The van der Waals surface area contributed by atoms with Gasteiger partial charge in [0.2, 0.25) is 0 Å². The maximum absolute atomic E-state index is 13.7. The molecule has 0 spiro atoms. The maximum atomic E-state index is 13.7. The van der Waals surface area contributed by atoms with Gasteiger partial charge in [-0.2, -0.15) is 27.1 Å². The third-order valence-electron chi connectivity index (χ3n) is 5.78. The Morgan fingerprint density at radius 3 is 2.27 bits per heavy atom. The summed E-state index contributed by atoms with van der Waals surface area (Å²) < 4.78 is 79.7. The van der Waals surface area contributed by atoms with Gasteiger partial charge in [0.25, 0.3) is 0 Å². The number of rotatable bonds is 7. The molecule has 4 rings (SSSR count). The average Bonchev–Trinajstić information content (AvgIpc) is 3.39. The second-order valence-corrected chi connectivity index (χ2v) is 9.37. The highest BCUT2D eigenvalue weighted by molar-refractivity contribution is 7.80. The number of hydrogen-bond acceptors (Lipinski definition) is 4. The summed E-state index contributed by atoms with van der Waals surface area (Å²) in [6, 6.07) is 15.0. The van der Waals surface area contributed by atoms with E-state index in [1.54, 1.807) is 30.3 Å². The van der Waals surface area contributed by atoms with Crippen molar-refractivity contribution >= 4 is 29.2 Å². The van der Waals surface area contributed by atoms with Crippen LogP contribution in [-0.4, -0.2) is 32.3 Å². The molecule has 2 N–H and O–H groups in total. The molecule has 0 unspecified atom stereocenters. The molecule has 40 heavy (non-hydrogen) atoms. The van der Waals surface area contributed by atoms with Crippen LogP contribution >= 0.6 is 12.2 Å². The second-order valence-electron chi connectivity index (χ2n) is 8.96. The maximum Gasteiger partial charge on any atom is 0.458 e. The van der Waals surface area contributed by atoms with Gasteiger partial charge < -0.3 is 5.32 Å². The molecule has 0 saturated carbocycles. The largest absolute Gasteiger partial charge is 0.458 e. The standard InChI is InChI=1S/C27H22F6N6S/c1-16(2)22-12-9-20(28)13-23(22)36-25(40)37-35-14-17-3-5-18(6-4-17)24-34-15-39(38-24)21-10-7-19(8-11-21)26(29,30)27(31,32)33/h3-16H,1-2H3,(H2,36,37,40). The fourth-order valence-corrected chi connectivity index (χ4v) is 3.84. The number of nitrogens with one attached hydrogen (secondary N) is 2. The molecular weight excluding hydrogens is 554 g/mol. The molecule has 3 aromatic carbocycles. The van der Waals surface area contributed by atoms with E-state index in [4.69, 9.17) is 12.2 Å². The minimum absolute atomic E-state index is 0.158. The van der Waals surface area contributed by atoms with Crippen LogP contribution in [0.2, 0.25) is 0 Å². The van der Waals surface area contributed by atoms with E-state index < -0.39 is 17.7 Å². The summed E-state index contributed by atoms with van der Waals surface area (Å²) in [5, 5.41) is 11.5. The topological polar surface area (TPSA) is 67.1 Å². The molecule has 0 saturated heterocycles. The van der Waals surface area contributed by atoms with Crippen molar-refractivity contribution in [3.05, 3.63) is 95.6 Å². The molecule has 0 aliphatic heterocycles. The van der Waals surface area contributed by atoms with Gasteiger partial charge in [0.1, 0.15) is 12.1 Å². The van der Waals surface area contributed by atoms with Gasteiger partial charge in [0.15, 0.2) is 10.9 Å². The average molecular weight is 577 g/mol. The molecule has 4 aromatic rings. The second kappa shape index (κ2) is 11.5. The lowest BCUT2D eigenvalue weighted by Crippen LogP contribution is -2.33. The number of benzene rings is 3. The monoisotopic (exact) mass is 576 g/mol. The van der Waals surface area contributed by atoms with Crippen molar-refractivity contribution in [1.29, 1.82) is 0 Å². The highest BCUT2D eigenvalue weighted by Gasteiger charge is 2.58. The van der Waals surface area contributed by atoms with Crippen LogP contribution in [0.3, 0.4) is 0 Å². The Kier molecular flexibility index (Phi) is 8.24. The molecule has 0 aliphatic rings. The minimum atomic E-state index is -5.69. The molecule has 1 heterocycles. The van der Waals surface area contributed by atoms with E-state index in [1.807, 2.05) is 13.8 Å². The predicted octanol–water partition coefficient (Wildman–Crippen LogP) is 7.17. The number of halogens is 6. The molecule has 208 valence electrons. The SMILES string of the molecule is CC(C)c1ccc(F)cc1NC(=S)NN=Cc1ccc(-c2ncn(-c3ccc(C(F)(F)C(F)(F)F)cc3)n2)cc1. The number of nitrogens with zero attached hydrogens (tertiary/aromatic N) is 4. The van der Waals surface area contributed by atoms with Gasteiger partial charge in [-0.1, -0.05) is 56.3 Å². The van der Waals surface area contributed by atoms with E-state index in [2.05, 4.69) is 25.9 Å². The first-order valence-electron chi connectivity index (χ1n) is 11.8.